The van der Waals surface area contributed by atoms with Crippen LogP contribution in [0.15, 0.2) is 24.3 Å². The monoisotopic (exact) mass is 292 g/mol. The van der Waals surface area contributed by atoms with Gasteiger partial charge in [0.2, 0.25) is 0 Å². The molecule has 1 aromatic rings. The standard InChI is InChI=1S/C10H10Cl2N2O4/c11-5-17-9(15)13-7-1-2-8(4-3-7)14-10(16)18-6-12/h1-4H,5-6H2,(H,13,15)(H,14,16). The van der Waals surface area contributed by atoms with E-state index in [0.29, 0.717) is 11.4 Å². The number of benzene rings is 1. The van der Waals surface area contributed by atoms with Crippen LogP contribution in [0.2, 0.25) is 0 Å². The second-order valence-corrected chi connectivity index (χ2v) is 3.35. The lowest BCUT2D eigenvalue weighted by Gasteiger charge is -2.07. The van der Waals surface area contributed by atoms with Gasteiger partial charge in [-0.1, -0.05) is 23.2 Å². The van der Waals surface area contributed by atoms with E-state index in [1.54, 1.807) is 24.3 Å². The minimum absolute atomic E-state index is 0.226. The fourth-order valence-electron chi connectivity index (χ4n) is 1.04. The smallest absolute Gasteiger partial charge is 0.412 e. The number of hydrogen-bond acceptors (Lipinski definition) is 4. The summed E-state index contributed by atoms with van der Waals surface area (Å²) in [4.78, 5) is 22.1. The normalized spacial score (nSPS) is 9.44. The first-order valence-corrected chi connectivity index (χ1v) is 5.82. The number of amides is 2. The van der Waals surface area contributed by atoms with Gasteiger partial charge in [-0.15, -0.1) is 0 Å². The summed E-state index contributed by atoms with van der Waals surface area (Å²) in [6.07, 6.45) is -1.32. The Bertz CT molecular complexity index is 372. The molecule has 0 aromatic heterocycles. The molecule has 0 aliphatic rings. The third-order valence-corrected chi connectivity index (χ3v) is 1.97. The topological polar surface area (TPSA) is 76.7 Å². The van der Waals surface area contributed by atoms with Gasteiger partial charge >= 0.3 is 12.2 Å². The molecule has 0 saturated heterocycles. The first-order chi connectivity index (χ1) is 8.65. The molecule has 6 nitrogen and oxygen atoms in total. The van der Waals surface area contributed by atoms with Gasteiger partial charge in [-0.25, -0.2) is 9.59 Å². The Balaban J connectivity index is 2.52. The van der Waals surface area contributed by atoms with E-state index in [2.05, 4.69) is 20.1 Å². The molecule has 98 valence electrons. The van der Waals surface area contributed by atoms with Crippen molar-refractivity contribution in [1.29, 1.82) is 0 Å². The van der Waals surface area contributed by atoms with Gasteiger partial charge in [0.15, 0.2) is 12.1 Å². The van der Waals surface area contributed by atoms with E-state index in [0.717, 1.165) is 0 Å². The predicted molar refractivity (Wildman–Crippen MR) is 68.1 cm³/mol. The quantitative estimate of drug-likeness (QED) is 0.836. The highest BCUT2D eigenvalue weighted by Crippen LogP contribution is 2.14. The average Bonchev–Trinajstić information content (AvgIpc) is 2.32. The van der Waals surface area contributed by atoms with E-state index in [1.165, 1.54) is 0 Å². The Morgan fingerprint density at radius 1 is 0.889 bits per heavy atom. The minimum atomic E-state index is -0.660. The van der Waals surface area contributed by atoms with Crippen molar-refractivity contribution in [3.63, 3.8) is 0 Å². The molecular formula is C10H10Cl2N2O4. The van der Waals surface area contributed by atoms with Gasteiger partial charge < -0.3 is 9.47 Å². The third-order valence-electron chi connectivity index (χ3n) is 1.75. The Kier molecular flexibility index (Phi) is 6.10. The maximum atomic E-state index is 11.0. The van der Waals surface area contributed by atoms with Gasteiger partial charge in [-0.3, -0.25) is 10.6 Å². The van der Waals surface area contributed by atoms with Crippen molar-refractivity contribution in [1.82, 2.24) is 0 Å². The SMILES string of the molecule is O=C(Nc1ccc(NC(=O)OCCl)cc1)OCCl. The Morgan fingerprint density at radius 2 is 1.22 bits per heavy atom. The summed E-state index contributed by atoms with van der Waals surface area (Å²) in [6.45, 7) is 0. The van der Waals surface area contributed by atoms with Crippen LogP contribution in [0.3, 0.4) is 0 Å². The lowest BCUT2D eigenvalue weighted by Crippen LogP contribution is -2.14. The fourth-order valence-corrected chi connectivity index (χ4v) is 1.24. The zero-order chi connectivity index (χ0) is 13.4. The number of ether oxygens (including phenoxy) is 2. The number of anilines is 2. The molecule has 1 aromatic carbocycles. The van der Waals surface area contributed by atoms with Crippen molar-refractivity contribution in [2.75, 3.05) is 22.8 Å². The summed E-state index contributed by atoms with van der Waals surface area (Å²) < 4.78 is 8.97. The van der Waals surface area contributed by atoms with E-state index in [9.17, 15) is 9.59 Å². The van der Waals surface area contributed by atoms with Gasteiger partial charge in [0, 0.05) is 11.4 Å². The van der Waals surface area contributed by atoms with Gasteiger partial charge in [-0.05, 0) is 24.3 Å². The van der Waals surface area contributed by atoms with E-state index in [1.807, 2.05) is 0 Å². The highest BCUT2D eigenvalue weighted by atomic mass is 35.5. The summed E-state index contributed by atoms with van der Waals surface area (Å²) in [5, 5.41) is 4.88. The molecule has 0 bridgehead atoms. The Labute approximate surface area is 113 Å². The molecular weight excluding hydrogens is 283 g/mol. The molecule has 0 aliphatic carbocycles. The molecule has 8 heteroatoms. The largest absolute Gasteiger partial charge is 0.433 e. The van der Waals surface area contributed by atoms with Gasteiger partial charge in [0.05, 0.1) is 0 Å². The number of halogens is 2. The molecule has 0 unspecified atom stereocenters. The summed E-state index contributed by atoms with van der Waals surface area (Å²) in [7, 11) is 0. The Hall–Kier alpha value is -1.66. The zero-order valence-corrected chi connectivity index (χ0v) is 10.6. The van der Waals surface area contributed by atoms with Crippen molar-refractivity contribution in [2.45, 2.75) is 0 Å². The summed E-state index contributed by atoms with van der Waals surface area (Å²) in [5.74, 6) is 0. The van der Waals surface area contributed by atoms with Crippen molar-refractivity contribution in [3.8, 4) is 0 Å². The molecule has 0 fully saturated rings. The first kappa shape index (κ1) is 14.4. The van der Waals surface area contributed by atoms with Crippen LogP contribution in [0, 0.1) is 0 Å². The van der Waals surface area contributed by atoms with Crippen LogP contribution in [0.5, 0.6) is 0 Å². The molecule has 1 rings (SSSR count). The number of alkyl halides is 2. The van der Waals surface area contributed by atoms with Crippen LogP contribution in [0.1, 0.15) is 0 Å². The molecule has 0 radical (unpaired) electrons. The van der Waals surface area contributed by atoms with Crippen molar-refractivity contribution < 1.29 is 19.1 Å². The van der Waals surface area contributed by atoms with Gasteiger partial charge in [0.1, 0.15) is 0 Å². The van der Waals surface area contributed by atoms with Crippen molar-refractivity contribution in [2.24, 2.45) is 0 Å². The summed E-state index contributed by atoms with van der Waals surface area (Å²) in [6, 6.07) is 5.85. The number of rotatable bonds is 4. The Morgan fingerprint density at radius 3 is 1.50 bits per heavy atom. The summed E-state index contributed by atoms with van der Waals surface area (Å²) in [5.41, 5.74) is 1.00. The highest BCUT2D eigenvalue weighted by molar-refractivity contribution is 6.17. The molecule has 0 atom stereocenters. The molecule has 0 saturated carbocycles. The maximum Gasteiger partial charge on any atom is 0.412 e. The van der Waals surface area contributed by atoms with Crippen LogP contribution >= 0.6 is 23.2 Å². The van der Waals surface area contributed by atoms with Gasteiger partial charge in [0.25, 0.3) is 0 Å². The zero-order valence-electron chi connectivity index (χ0n) is 9.11. The minimum Gasteiger partial charge on any atom is -0.433 e. The lowest BCUT2D eigenvalue weighted by atomic mass is 10.3. The van der Waals surface area contributed by atoms with Crippen molar-refractivity contribution in [3.05, 3.63) is 24.3 Å². The van der Waals surface area contributed by atoms with Crippen molar-refractivity contribution >= 4 is 46.8 Å². The lowest BCUT2D eigenvalue weighted by molar-refractivity contribution is 0.179. The molecule has 0 heterocycles. The molecule has 2 amide bonds. The molecule has 0 spiro atoms. The first-order valence-electron chi connectivity index (χ1n) is 4.75. The third kappa shape index (κ3) is 5.11. The number of nitrogens with one attached hydrogen (secondary N) is 2. The number of carbonyl (C=O) groups excluding carboxylic acids is 2. The molecule has 18 heavy (non-hydrogen) atoms. The van der Waals surface area contributed by atoms with E-state index in [4.69, 9.17) is 23.2 Å². The molecule has 0 aliphatic heterocycles. The molecule has 2 N–H and O–H groups in total. The maximum absolute atomic E-state index is 11.0. The van der Waals surface area contributed by atoms with Crippen LogP contribution in [-0.4, -0.2) is 24.3 Å². The highest BCUT2D eigenvalue weighted by Gasteiger charge is 2.04. The van der Waals surface area contributed by atoms with Crippen LogP contribution < -0.4 is 10.6 Å². The van der Waals surface area contributed by atoms with E-state index >= 15 is 0 Å². The summed E-state index contributed by atoms with van der Waals surface area (Å²) >= 11 is 10.4. The van der Waals surface area contributed by atoms with E-state index < -0.39 is 12.2 Å². The van der Waals surface area contributed by atoms with Crippen LogP contribution in [0.25, 0.3) is 0 Å². The van der Waals surface area contributed by atoms with Crippen LogP contribution in [0.4, 0.5) is 21.0 Å². The van der Waals surface area contributed by atoms with E-state index in [-0.39, 0.29) is 12.1 Å². The average molecular weight is 293 g/mol. The second-order valence-electron chi connectivity index (χ2n) is 2.91. The van der Waals surface area contributed by atoms with Crippen LogP contribution in [-0.2, 0) is 9.47 Å². The van der Waals surface area contributed by atoms with Gasteiger partial charge in [-0.2, -0.15) is 0 Å². The fraction of sp³-hybridized carbons (Fsp3) is 0.200. The number of carbonyl (C=O) groups is 2. The number of hydrogen-bond donors (Lipinski definition) is 2. The predicted octanol–water partition coefficient (Wildman–Crippen LogP) is 3.18. The second kappa shape index (κ2) is 7.62.